The minimum Gasteiger partial charge on any atom is -0.383 e. The van der Waals surface area contributed by atoms with Crippen molar-refractivity contribution < 1.29 is 4.74 Å². The molecule has 0 unspecified atom stereocenters. The van der Waals surface area contributed by atoms with Crippen molar-refractivity contribution in [3.8, 4) is 0 Å². The molecule has 3 heteroatoms. The minimum absolute atomic E-state index is 0.745. The SMILES string of the molecule is C=CCCCCN(CCOC)C(C)=S. The van der Waals surface area contributed by atoms with Gasteiger partial charge in [0.15, 0.2) is 0 Å². The molecule has 0 radical (unpaired) electrons. The van der Waals surface area contributed by atoms with Crippen LogP contribution in [0.15, 0.2) is 12.7 Å². The Bertz CT molecular complexity index is 171. The highest BCUT2D eigenvalue weighted by atomic mass is 32.1. The van der Waals surface area contributed by atoms with Gasteiger partial charge >= 0.3 is 0 Å². The molecule has 0 heterocycles. The Labute approximate surface area is 92.9 Å². The highest BCUT2D eigenvalue weighted by molar-refractivity contribution is 7.80. The second kappa shape index (κ2) is 9.16. The van der Waals surface area contributed by atoms with E-state index >= 15 is 0 Å². The van der Waals surface area contributed by atoms with Crippen molar-refractivity contribution >= 4 is 17.2 Å². The van der Waals surface area contributed by atoms with Gasteiger partial charge in [-0.3, -0.25) is 0 Å². The van der Waals surface area contributed by atoms with Crippen LogP contribution < -0.4 is 0 Å². The number of nitrogens with zero attached hydrogens (tertiary/aromatic N) is 1. The normalized spacial score (nSPS) is 9.86. The molecule has 0 aromatic heterocycles. The van der Waals surface area contributed by atoms with Crippen LogP contribution in [0, 0.1) is 0 Å². The topological polar surface area (TPSA) is 12.5 Å². The maximum absolute atomic E-state index is 5.16. The molecule has 0 aromatic rings. The third-order valence-electron chi connectivity index (χ3n) is 2.10. The second-order valence-corrected chi connectivity index (χ2v) is 3.87. The van der Waals surface area contributed by atoms with Gasteiger partial charge in [-0.05, 0) is 26.2 Å². The van der Waals surface area contributed by atoms with Crippen molar-refractivity contribution in [2.75, 3.05) is 26.8 Å². The van der Waals surface area contributed by atoms with Crippen molar-refractivity contribution in [1.29, 1.82) is 0 Å². The molecule has 0 aliphatic heterocycles. The molecule has 0 spiro atoms. The third kappa shape index (κ3) is 7.04. The smallest absolute Gasteiger partial charge is 0.0748 e. The highest BCUT2D eigenvalue weighted by Crippen LogP contribution is 2.00. The largest absolute Gasteiger partial charge is 0.383 e. The molecule has 0 amide bonds. The van der Waals surface area contributed by atoms with E-state index in [9.17, 15) is 0 Å². The molecule has 0 aliphatic rings. The van der Waals surface area contributed by atoms with Gasteiger partial charge in [0.25, 0.3) is 0 Å². The van der Waals surface area contributed by atoms with Crippen molar-refractivity contribution in [2.45, 2.75) is 26.2 Å². The maximum Gasteiger partial charge on any atom is 0.0748 e. The van der Waals surface area contributed by atoms with Crippen LogP contribution in [-0.4, -0.2) is 36.7 Å². The first kappa shape index (κ1) is 13.6. The summed E-state index contributed by atoms with van der Waals surface area (Å²) in [7, 11) is 1.72. The molecule has 0 aromatic carbocycles. The lowest BCUT2D eigenvalue weighted by Crippen LogP contribution is -2.31. The molecule has 0 saturated heterocycles. The van der Waals surface area contributed by atoms with E-state index in [-0.39, 0.29) is 0 Å². The Hall–Kier alpha value is -0.410. The fourth-order valence-electron chi connectivity index (χ4n) is 1.22. The summed E-state index contributed by atoms with van der Waals surface area (Å²) in [4.78, 5) is 3.16. The monoisotopic (exact) mass is 215 g/mol. The lowest BCUT2D eigenvalue weighted by molar-refractivity contribution is 0.176. The van der Waals surface area contributed by atoms with E-state index in [0.29, 0.717) is 0 Å². The van der Waals surface area contributed by atoms with E-state index < -0.39 is 0 Å². The third-order valence-corrected chi connectivity index (χ3v) is 2.36. The van der Waals surface area contributed by atoms with Crippen molar-refractivity contribution in [3.63, 3.8) is 0 Å². The molecular formula is C11H21NOS. The van der Waals surface area contributed by atoms with Crippen LogP contribution in [0.5, 0.6) is 0 Å². The zero-order valence-corrected chi connectivity index (χ0v) is 10.1. The van der Waals surface area contributed by atoms with Crippen molar-refractivity contribution in [3.05, 3.63) is 12.7 Å². The molecule has 82 valence electrons. The van der Waals surface area contributed by atoms with Gasteiger partial charge in [-0.2, -0.15) is 0 Å². The van der Waals surface area contributed by atoms with E-state index in [1.807, 2.05) is 13.0 Å². The number of methoxy groups -OCH3 is 1. The molecule has 0 atom stereocenters. The average molecular weight is 215 g/mol. The fourth-order valence-corrected chi connectivity index (χ4v) is 1.40. The number of hydrogen-bond donors (Lipinski definition) is 0. The number of rotatable bonds is 8. The minimum atomic E-state index is 0.745. The first-order valence-corrected chi connectivity index (χ1v) is 5.48. The summed E-state index contributed by atoms with van der Waals surface area (Å²) >= 11 is 5.16. The Balaban J connectivity index is 3.62. The lowest BCUT2D eigenvalue weighted by Gasteiger charge is -2.22. The van der Waals surface area contributed by atoms with Gasteiger partial charge in [0.2, 0.25) is 0 Å². The van der Waals surface area contributed by atoms with Crippen LogP contribution in [0.3, 0.4) is 0 Å². The molecular weight excluding hydrogens is 194 g/mol. The first-order chi connectivity index (χ1) is 6.72. The first-order valence-electron chi connectivity index (χ1n) is 5.07. The number of thiocarbonyl (C=S) groups is 1. The van der Waals surface area contributed by atoms with Gasteiger partial charge in [-0.1, -0.05) is 18.3 Å². The van der Waals surface area contributed by atoms with Crippen molar-refractivity contribution in [1.82, 2.24) is 4.90 Å². The summed E-state index contributed by atoms with van der Waals surface area (Å²) in [5, 5.41) is 0. The summed E-state index contributed by atoms with van der Waals surface area (Å²) in [5.41, 5.74) is 0. The maximum atomic E-state index is 5.16. The van der Waals surface area contributed by atoms with E-state index in [2.05, 4.69) is 11.5 Å². The zero-order chi connectivity index (χ0) is 10.8. The Kier molecular flexibility index (Phi) is 8.89. The van der Waals surface area contributed by atoms with Gasteiger partial charge in [-0.15, -0.1) is 6.58 Å². The molecule has 0 rings (SSSR count). The van der Waals surface area contributed by atoms with E-state index in [1.54, 1.807) is 7.11 Å². The lowest BCUT2D eigenvalue weighted by atomic mass is 10.2. The molecule has 0 fully saturated rings. The molecule has 2 nitrogen and oxygen atoms in total. The standard InChI is InChI=1S/C11H21NOS/c1-4-5-6-7-8-12(11(2)14)9-10-13-3/h4H,1,5-10H2,2-3H3. The van der Waals surface area contributed by atoms with E-state index in [4.69, 9.17) is 17.0 Å². The Morgan fingerprint density at radius 2 is 2.14 bits per heavy atom. The van der Waals surface area contributed by atoms with Crippen LogP contribution in [-0.2, 0) is 4.74 Å². The van der Waals surface area contributed by atoms with Gasteiger partial charge in [0.05, 0.1) is 11.6 Å². The number of allylic oxidation sites excluding steroid dienone is 1. The summed E-state index contributed by atoms with van der Waals surface area (Å²) in [6.07, 6.45) is 5.41. The number of ether oxygens (including phenoxy) is 1. The predicted molar refractivity (Wildman–Crippen MR) is 65.8 cm³/mol. The summed E-state index contributed by atoms with van der Waals surface area (Å²) in [5.74, 6) is 0. The second-order valence-electron chi connectivity index (χ2n) is 3.28. The van der Waals surface area contributed by atoms with Gasteiger partial charge < -0.3 is 9.64 Å². The molecule has 0 bridgehead atoms. The van der Waals surface area contributed by atoms with Crippen LogP contribution in [0.2, 0.25) is 0 Å². The van der Waals surface area contributed by atoms with Crippen molar-refractivity contribution in [2.24, 2.45) is 0 Å². The molecule has 0 N–H and O–H groups in total. The summed E-state index contributed by atoms with van der Waals surface area (Å²) in [6.45, 7) is 8.36. The van der Waals surface area contributed by atoms with Gasteiger partial charge in [-0.25, -0.2) is 0 Å². The Morgan fingerprint density at radius 1 is 1.43 bits per heavy atom. The van der Waals surface area contributed by atoms with E-state index in [0.717, 1.165) is 31.1 Å². The number of hydrogen-bond acceptors (Lipinski definition) is 2. The van der Waals surface area contributed by atoms with Crippen LogP contribution >= 0.6 is 12.2 Å². The summed E-state index contributed by atoms with van der Waals surface area (Å²) in [6, 6.07) is 0. The molecule has 0 saturated carbocycles. The van der Waals surface area contributed by atoms with Crippen LogP contribution in [0.25, 0.3) is 0 Å². The van der Waals surface area contributed by atoms with Crippen LogP contribution in [0.4, 0.5) is 0 Å². The summed E-state index contributed by atoms with van der Waals surface area (Å²) < 4.78 is 5.03. The highest BCUT2D eigenvalue weighted by Gasteiger charge is 2.03. The van der Waals surface area contributed by atoms with Crippen LogP contribution in [0.1, 0.15) is 26.2 Å². The quantitative estimate of drug-likeness (QED) is 0.351. The van der Waals surface area contributed by atoms with Gasteiger partial charge in [0, 0.05) is 20.2 Å². The average Bonchev–Trinajstić information content (AvgIpc) is 2.16. The number of unbranched alkanes of at least 4 members (excludes halogenated alkanes) is 2. The Morgan fingerprint density at radius 3 is 2.64 bits per heavy atom. The zero-order valence-electron chi connectivity index (χ0n) is 9.29. The van der Waals surface area contributed by atoms with Gasteiger partial charge in [0.1, 0.15) is 0 Å². The fraction of sp³-hybridized carbons (Fsp3) is 0.727. The molecule has 0 aliphatic carbocycles. The molecule has 14 heavy (non-hydrogen) atoms. The van der Waals surface area contributed by atoms with E-state index in [1.165, 1.54) is 12.8 Å². The predicted octanol–water partition coefficient (Wildman–Crippen LogP) is 2.64.